The summed E-state index contributed by atoms with van der Waals surface area (Å²) in [6.07, 6.45) is 1.97. The minimum Gasteiger partial charge on any atom is -0.256 e. The summed E-state index contributed by atoms with van der Waals surface area (Å²) >= 11 is 4.18. The van der Waals surface area contributed by atoms with Crippen molar-refractivity contribution >= 4 is 22.5 Å². The summed E-state index contributed by atoms with van der Waals surface area (Å²) in [5.74, 6) is 0. The molecule has 0 saturated carbocycles. The second-order valence-electron chi connectivity index (χ2n) is 2.94. The van der Waals surface area contributed by atoms with E-state index in [1.165, 1.54) is 10.8 Å². The highest BCUT2D eigenvalue weighted by atomic mass is 33.1. The van der Waals surface area contributed by atoms with Crippen LogP contribution in [0.25, 0.3) is 0 Å². The van der Waals surface area contributed by atoms with E-state index in [2.05, 4.69) is 30.6 Å². The monoisotopic (exact) mass is 188 g/mol. The van der Waals surface area contributed by atoms with E-state index in [0.29, 0.717) is 0 Å². The maximum atomic E-state index is 4.30. The normalized spacial score (nSPS) is 12.0. The van der Waals surface area contributed by atoms with Crippen LogP contribution in [-0.4, -0.2) is 9.78 Å². The predicted octanol–water partition coefficient (Wildman–Crippen LogP) is 2.46. The molecule has 0 aromatic carbocycles. The van der Waals surface area contributed by atoms with E-state index in [0.717, 1.165) is 5.69 Å². The van der Waals surface area contributed by atoms with E-state index in [4.69, 9.17) is 0 Å². The molecule has 0 radical (unpaired) electrons. The van der Waals surface area contributed by atoms with Crippen molar-refractivity contribution in [2.24, 2.45) is 0 Å². The fraction of sp³-hybridized carbons (Fsp3) is 0.571. The van der Waals surface area contributed by atoms with E-state index >= 15 is 0 Å². The number of thiol groups is 1. The molecular weight excluding hydrogens is 176 g/mol. The zero-order valence-corrected chi connectivity index (χ0v) is 8.62. The van der Waals surface area contributed by atoms with E-state index in [-0.39, 0.29) is 4.87 Å². The molecule has 0 aliphatic carbocycles. The van der Waals surface area contributed by atoms with Gasteiger partial charge in [-0.15, -0.1) is 11.7 Å². The molecule has 0 unspecified atom stereocenters. The van der Waals surface area contributed by atoms with Gasteiger partial charge in [-0.2, -0.15) is 5.10 Å². The number of aromatic nitrogens is 2. The fourth-order valence-corrected chi connectivity index (χ4v) is 1.19. The lowest BCUT2D eigenvalue weighted by molar-refractivity contribution is 0.479. The van der Waals surface area contributed by atoms with Crippen LogP contribution in [0.4, 0.5) is 0 Å². The molecule has 1 aromatic rings. The minimum absolute atomic E-state index is 0.0582. The van der Waals surface area contributed by atoms with Crippen molar-refractivity contribution in [1.82, 2.24) is 9.78 Å². The van der Waals surface area contributed by atoms with Crippen LogP contribution >= 0.6 is 22.5 Å². The minimum atomic E-state index is -0.0582. The van der Waals surface area contributed by atoms with E-state index in [9.17, 15) is 0 Å². The molecule has 0 atom stereocenters. The molecule has 1 heterocycles. The standard InChI is InChI=1S/C7H12N2S2/c1-6-4-5-9(8-6)7(2,3)11-10/h4-5,10H,1-3H3. The number of nitrogens with zero attached hydrogens (tertiary/aromatic N) is 2. The second-order valence-corrected chi connectivity index (χ2v) is 4.67. The Bertz CT molecular complexity index is 242. The third-order valence-corrected chi connectivity index (χ3v) is 3.47. The maximum Gasteiger partial charge on any atom is 0.112 e. The average Bonchev–Trinajstić information content (AvgIpc) is 2.36. The van der Waals surface area contributed by atoms with Gasteiger partial charge in [0.1, 0.15) is 4.87 Å². The van der Waals surface area contributed by atoms with Crippen molar-refractivity contribution in [2.75, 3.05) is 0 Å². The van der Waals surface area contributed by atoms with Crippen molar-refractivity contribution in [3.8, 4) is 0 Å². The summed E-state index contributed by atoms with van der Waals surface area (Å²) in [6, 6.07) is 1.99. The number of rotatable bonds is 2. The van der Waals surface area contributed by atoms with Gasteiger partial charge in [0.2, 0.25) is 0 Å². The van der Waals surface area contributed by atoms with Crippen LogP contribution in [0.15, 0.2) is 12.3 Å². The van der Waals surface area contributed by atoms with E-state index < -0.39 is 0 Å². The summed E-state index contributed by atoms with van der Waals surface area (Å²) in [6.45, 7) is 6.14. The molecule has 62 valence electrons. The first-order valence-electron chi connectivity index (χ1n) is 3.41. The Labute approximate surface area is 76.2 Å². The van der Waals surface area contributed by atoms with Crippen molar-refractivity contribution in [2.45, 2.75) is 25.6 Å². The molecule has 0 N–H and O–H groups in total. The Morgan fingerprint density at radius 3 is 2.64 bits per heavy atom. The van der Waals surface area contributed by atoms with Crippen molar-refractivity contribution in [3.63, 3.8) is 0 Å². The maximum absolute atomic E-state index is 4.30. The van der Waals surface area contributed by atoms with Crippen LogP contribution in [-0.2, 0) is 4.87 Å². The zero-order valence-electron chi connectivity index (χ0n) is 6.90. The SMILES string of the molecule is Cc1ccn(C(C)(C)SS)n1. The zero-order chi connectivity index (χ0) is 8.48. The van der Waals surface area contributed by atoms with Gasteiger partial charge in [0.05, 0.1) is 5.69 Å². The largest absolute Gasteiger partial charge is 0.256 e. The van der Waals surface area contributed by atoms with Crippen LogP contribution in [0, 0.1) is 6.92 Å². The first-order valence-corrected chi connectivity index (χ1v) is 5.28. The summed E-state index contributed by atoms with van der Waals surface area (Å²) in [5, 5.41) is 4.30. The van der Waals surface area contributed by atoms with Crippen LogP contribution < -0.4 is 0 Å². The predicted molar refractivity (Wildman–Crippen MR) is 52.9 cm³/mol. The van der Waals surface area contributed by atoms with Crippen molar-refractivity contribution in [3.05, 3.63) is 18.0 Å². The fourth-order valence-electron chi connectivity index (χ4n) is 0.757. The lowest BCUT2D eigenvalue weighted by Gasteiger charge is -2.21. The summed E-state index contributed by atoms with van der Waals surface area (Å²) in [4.78, 5) is -0.0582. The number of aryl methyl sites for hydroxylation is 1. The van der Waals surface area contributed by atoms with Gasteiger partial charge in [0.25, 0.3) is 0 Å². The molecule has 2 nitrogen and oxygen atoms in total. The van der Waals surface area contributed by atoms with E-state index in [1.807, 2.05) is 23.9 Å². The molecule has 1 aromatic heterocycles. The first kappa shape index (κ1) is 9.00. The van der Waals surface area contributed by atoms with Crippen molar-refractivity contribution < 1.29 is 0 Å². The topological polar surface area (TPSA) is 17.8 Å². The van der Waals surface area contributed by atoms with Gasteiger partial charge in [-0.05, 0) is 26.8 Å². The molecule has 0 saturated heterocycles. The van der Waals surface area contributed by atoms with Crippen LogP contribution in [0.5, 0.6) is 0 Å². The highest BCUT2D eigenvalue weighted by Gasteiger charge is 2.19. The van der Waals surface area contributed by atoms with Crippen LogP contribution in [0.3, 0.4) is 0 Å². The van der Waals surface area contributed by atoms with Gasteiger partial charge in [-0.3, -0.25) is 4.68 Å². The molecule has 0 fully saturated rings. The quantitative estimate of drug-likeness (QED) is 0.567. The third kappa shape index (κ3) is 1.93. The molecule has 0 amide bonds. The van der Waals surface area contributed by atoms with Crippen LogP contribution in [0.1, 0.15) is 19.5 Å². The van der Waals surface area contributed by atoms with Gasteiger partial charge in [-0.25, -0.2) is 0 Å². The Hall–Kier alpha value is -0.0900. The van der Waals surface area contributed by atoms with Gasteiger partial charge in [0, 0.05) is 6.20 Å². The Morgan fingerprint density at radius 1 is 1.64 bits per heavy atom. The first-order chi connectivity index (χ1) is 5.06. The van der Waals surface area contributed by atoms with Gasteiger partial charge in [0.15, 0.2) is 0 Å². The molecule has 1 rings (SSSR count). The summed E-state index contributed by atoms with van der Waals surface area (Å²) < 4.78 is 1.92. The Balaban J connectivity index is 2.92. The molecular formula is C7H12N2S2. The molecule has 0 bridgehead atoms. The third-order valence-electron chi connectivity index (χ3n) is 1.50. The van der Waals surface area contributed by atoms with E-state index in [1.54, 1.807) is 0 Å². The van der Waals surface area contributed by atoms with Gasteiger partial charge in [-0.1, -0.05) is 10.8 Å². The molecule has 0 aliphatic heterocycles. The summed E-state index contributed by atoms with van der Waals surface area (Å²) in [5.41, 5.74) is 1.04. The summed E-state index contributed by atoms with van der Waals surface area (Å²) in [7, 11) is 1.49. The second kappa shape index (κ2) is 3.11. The molecule has 0 aliphatic rings. The Kier molecular flexibility index (Phi) is 2.54. The average molecular weight is 188 g/mol. The van der Waals surface area contributed by atoms with Gasteiger partial charge < -0.3 is 0 Å². The Morgan fingerprint density at radius 2 is 2.27 bits per heavy atom. The highest BCUT2D eigenvalue weighted by molar-refractivity contribution is 8.68. The lowest BCUT2D eigenvalue weighted by atomic mass is 10.4. The molecule has 4 heteroatoms. The smallest absolute Gasteiger partial charge is 0.112 e. The highest BCUT2D eigenvalue weighted by Crippen LogP contribution is 2.31. The number of hydrogen-bond donors (Lipinski definition) is 1. The van der Waals surface area contributed by atoms with Crippen molar-refractivity contribution in [1.29, 1.82) is 0 Å². The molecule has 11 heavy (non-hydrogen) atoms. The van der Waals surface area contributed by atoms with Crippen LogP contribution in [0.2, 0.25) is 0 Å². The lowest BCUT2D eigenvalue weighted by Crippen LogP contribution is -2.21. The number of hydrogen-bond acceptors (Lipinski definition) is 3. The molecule has 0 spiro atoms. The van der Waals surface area contributed by atoms with Gasteiger partial charge >= 0.3 is 0 Å².